The first-order valence-electron chi connectivity index (χ1n) is 4.77. The van der Waals surface area contributed by atoms with E-state index in [1.165, 1.54) is 0 Å². The van der Waals surface area contributed by atoms with Gasteiger partial charge in [0.2, 0.25) is 0 Å². The van der Waals surface area contributed by atoms with Gasteiger partial charge in [0.05, 0.1) is 12.8 Å². The van der Waals surface area contributed by atoms with Crippen LogP contribution in [0.1, 0.15) is 34.6 Å². The Kier molecular flexibility index (Phi) is 10.7. The zero-order valence-corrected chi connectivity index (χ0v) is 10.1. The van der Waals surface area contributed by atoms with Crippen molar-refractivity contribution in [3.8, 4) is 0 Å². The Labute approximate surface area is 87.5 Å². The first kappa shape index (κ1) is 15.2. The summed E-state index contributed by atoms with van der Waals surface area (Å²) in [6.45, 7) is 13.2. The predicted molar refractivity (Wildman–Crippen MR) is 63.2 cm³/mol. The molecule has 0 heterocycles. The molecule has 0 amide bonds. The average Bonchev–Trinajstić information content (AvgIpc) is 2.21. The molecule has 0 fully saturated rings. The van der Waals surface area contributed by atoms with Gasteiger partial charge in [0.1, 0.15) is 5.76 Å². The maximum absolute atomic E-state index is 5.13. The van der Waals surface area contributed by atoms with E-state index in [0.717, 1.165) is 17.0 Å². The lowest BCUT2D eigenvalue weighted by atomic mass is 10.2. The van der Waals surface area contributed by atoms with Crippen LogP contribution in [0.4, 0.5) is 0 Å². The van der Waals surface area contributed by atoms with Crippen molar-refractivity contribution in [2.45, 2.75) is 34.6 Å². The number of hydrazone groups is 1. The Morgan fingerprint density at radius 2 is 1.86 bits per heavy atom. The van der Waals surface area contributed by atoms with Crippen molar-refractivity contribution in [2.24, 2.45) is 5.10 Å². The lowest BCUT2D eigenvalue weighted by Crippen LogP contribution is -2.10. The highest BCUT2D eigenvalue weighted by atomic mass is 16.5. The molecule has 0 aromatic heterocycles. The minimum absolute atomic E-state index is 0.780. The summed E-state index contributed by atoms with van der Waals surface area (Å²) in [5.41, 5.74) is 4.76. The van der Waals surface area contributed by atoms with E-state index in [1.54, 1.807) is 7.11 Å². The van der Waals surface area contributed by atoms with Crippen LogP contribution in [0.2, 0.25) is 0 Å². The van der Waals surface area contributed by atoms with Gasteiger partial charge >= 0.3 is 0 Å². The zero-order chi connectivity index (χ0) is 11.6. The maximum Gasteiger partial charge on any atom is 0.139 e. The smallest absolute Gasteiger partial charge is 0.139 e. The second kappa shape index (κ2) is 9.84. The summed E-state index contributed by atoms with van der Waals surface area (Å²) in [5, 5.41) is 3.60. The molecular formula is C11H22N2O. The SMILES string of the molecule is C=NNC(=C(C)C)/C(=C\C)OC.CC. The van der Waals surface area contributed by atoms with Crippen molar-refractivity contribution in [3.63, 3.8) is 0 Å². The Hall–Kier alpha value is -1.25. The van der Waals surface area contributed by atoms with Gasteiger partial charge in [0.25, 0.3) is 0 Å². The molecule has 0 aliphatic rings. The number of ether oxygens (including phenoxy) is 1. The minimum Gasteiger partial charge on any atom is -0.495 e. The third-order valence-electron chi connectivity index (χ3n) is 1.42. The fraction of sp³-hybridized carbons (Fsp3) is 0.545. The van der Waals surface area contributed by atoms with Gasteiger partial charge in [0.15, 0.2) is 0 Å². The van der Waals surface area contributed by atoms with Crippen LogP contribution in [0.3, 0.4) is 0 Å². The first-order valence-corrected chi connectivity index (χ1v) is 4.77. The third kappa shape index (κ3) is 5.41. The summed E-state index contributed by atoms with van der Waals surface area (Å²) in [7, 11) is 1.63. The maximum atomic E-state index is 5.13. The Balaban J connectivity index is 0. The molecule has 0 aromatic carbocycles. The van der Waals surface area contributed by atoms with E-state index >= 15 is 0 Å². The van der Waals surface area contributed by atoms with Crippen molar-refractivity contribution in [3.05, 3.63) is 23.1 Å². The molecule has 3 heteroatoms. The molecule has 0 unspecified atom stereocenters. The van der Waals surface area contributed by atoms with Gasteiger partial charge in [-0.2, -0.15) is 5.10 Å². The van der Waals surface area contributed by atoms with Crippen molar-refractivity contribution < 1.29 is 4.74 Å². The van der Waals surface area contributed by atoms with Gasteiger partial charge in [-0.15, -0.1) is 0 Å². The van der Waals surface area contributed by atoms with Crippen LogP contribution < -0.4 is 5.43 Å². The number of hydrogen-bond donors (Lipinski definition) is 1. The second-order valence-electron chi connectivity index (χ2n) is 2.50. The number of allylic oxidation sites excluding steroid dienone is 2. The van der Waals surface area contributed by atoms with E-state index in [2.05, 4.69) is 17.2 Å². The van der Waals surface area contributed by atoms with Crippen LogP contribution >= 0.6 is 0 Å². The zero-order valence-electron chi connectivity index (χ0n) is 10.1. The van der Waals surface area contributed by atoms with Crippen molar-refractivity contribution in [2.75, 3.05) is 7.11 Å². The molecule has 0 aromatic rings. The number of methoxy groups -OCH3 is 1. The molecule has 0 radical (unpaired) electrons. The fourth-order valence-corrected chi connectivity index (χ4v) is 0.857. The van der Waals surface area contributed by atoms with E-state index in [-0.39, 0.29) is 0 Å². The molecule has 0 spiro atoms. The minimum atomic E-state index is 0.780. The van der Waals surface area contributed by atoms with E-state index < -0.39 is 0 Å². The summed E-state index contributed by atoms with van der Waals surface area (Å²) in [6, 6.07) is 0. The largest absolute Gasteiger partial charge is 0.495 e. The second-order valence-corrected chi connectivity index (χ2v) is 2.50. The molecule has 0 saturated heterocycles. The van der Waals surface area contributed by atoms with Gasteiger partial charge in [-0.1, -0.05) is 13.8 Å². The van der Waals surface area contributed by atoms with Crippen molar-refractivity contribution in [1.29, 1.82) is 0 Å². The molecule has 1 N–H and O–H groups in total. The lowest BCUT2D eigenvalue weighted by Gasteiger charge is -2.11. The number of hydrogen-bond acceptors (Lipinski definition) is 3. The van der Waals surface area contributed by atoms with Gasteiger partial charge in [0, 0.05) is 6.72 Å². The predicted octanol–water partition coefficient (Wildman–Crippen LogP) is 3.06. The molecule has 82 valence electrons. The first-order chi connectivity index (χ1) is 6.67. The number of rotatable bonds is 4. The molecule has 0 aliphatic heterocycles. The van der Waals surface area contributed by atoms with Gasteiger partial charge in [-0.25, -0.2) is 0 Å². The number of nitrogens with zero attached hydrogens (tertiary/aromatic N) is 1. The normalized spacial score (nSPS) is 9.43. The highest BCUT2D eigenvalue weighted by Gasteiger charge is 2.04. The van der Waals surface area contributed by atoms with Crippen molar-refractivity contribution >= 4 is 6.72 Å². The van der Waals surface area contributed by atoms with Crippen LogP contribution in [0, 0.1) is 0 Å². The van der Waals surface area contributed by atoms with Crippen LogP contribution in [0.25, 0.3) is 0 Å². The summed E-state index contributed by atoms with van der Waals surface area (Å²) >= 11 is 0. The van der Waals surface area contributed by atoms with Crippen LogP contribution in [0.5, 0.6) is 0 Å². The molecule has 0 bridgehead atoms. The van der Waals surface area contributed by atoms with E-state index in [9.17, 15) is 0 Å². The van der Waals surface area contributed by atoms with Gasteiger partial charge in [-0.05, 0) is 32.4 Å². The topological polar surface area (TPSA) is 33.6 Å². The van der Waals surface area contributed by atoms with E-state index in [0.29, 0.717) is 0 Å². The fourth-order valence-electron chi connectivity index (χ4n) is 0.857. The third-order valence-corrected chi connectivity index (χ3v) is 1.42. The molecule has 0 rings (SSSR count). The van der Waals surface area contributed by atoms with E-state index in [4.69, 9.17) is 4.74 Å². The van der Waals surface area contributed by atoms with Crippen LogP contribution in [0.15, 0.2) is 28.2 Å². The molecule has 3 nitrogen and oxygen atoms in total. The van der Waals surface area contributed by atoms with Crippen molar-refractivity contribution in [1.82, 2.24) is 5.43 Å². The van der Waals surface area contributed by atoms with Gasteiger partial charge in [-0.3, -0.25) is 5.43 Å². The molecule has 14 heavy (non-hydrogen) atoms. The van der Waals surface area contributed by atoms with E-state index in [1.807, 2.05) is 40.7 Å². The molecule has 0 aliphatic carbocycles. The number of nitrogens with one attached hydrogen (secondary N) is 1. The Bertz CT molecular complexity index is 213. The summed E-state index contributed by atoms with van der Waals surface area (Å²) in [4.78, 5) is 0. The summed E-state index contributed by atoms with van der Waals surface area (Å²) in [6.07, 6.45) is 1.88. The Morgan fingerprint density at radius 1 is 1.36 bits per heavy atom. The summed E-state index contributed by atoms with van der Waals surface area (Å²) < 4.78 is 5.13. The average molecular weight is 198 g/mol. The monoisotopic (exact) mass is 198 g/mol. The van der Waals surface area contributed by atoms with Crippen LogP contribution in [-0.4, -0.2) is 13.8 Å². The molecular weight excluding hydrogens is 176 g/mol. The lowest BCUT2D eigenvalue weighted by molar-refractivity contribution is 0.294. The molecule has 0 atom stereocenters. The van der Waals surface area contributed by atoms with Crippen LogP contribution in [-0.2, 0) is 4.74 Å². The standard InChI is InChI=1S/C9H16N2O.C2H6/c1-6-8(12-5)9(7(2)3)11-10-4;1-2/h6,11H,4H2,1-3,5H3;1-2H3/b8-6+;. The Morgan fingerprint density at radius 3 is 2.07 bits per heavy atom. The highest BCUT2D eigenvalue weighted by molar-refractivity contribution is 5.30. The summed E-state index contributed by atoms with van der Waals surface area (Å²) in [5.74, 6) is 0.780. The molecule has 0 saturated carbocycles. The van der Waals surface area contributed by atoms with Gasteiger partial charge < -0.3 is 4.74 Å². The quantitative estimate of drug-likeness (QED) is 0.326. The highest BCUT2D eigenvalue weighted by Crippen LogP contribution is 2.11.